The number of hydrogen-bond donors (Lipinski definition) is 2. The summed E-state index contributed by atoms with van der Waals surface area (Å²) in [5.74, 6) is 0.946. The van der Waals surface area contributed by atoms with Crippen molar-refractivity contribution >= 4 is 5.96 Å². The number of aryl methyl sites for hydroxylation is 2. The molecule has 2 N–H and O–H groups in total. The highest BCUT2D eigenvalue weighted by Crippen LogP contribution is 2.41. The number of guanidine groups is 1. The molecule has 0 saturated heterocycles. The predicted molar refractivity (Wildman–Crippen MR) is 108 cm³/mol. The van der Waals surface area contributed by atoms with Crippen LogP contribution in [0.1, 0.15) is 57.9 Å². The smallest absolute Gasteiger partial charge is 0.191 e. The first-order valence-corrected chi connectivity index (χ1v) is 10.2. The molecular weight excluding hydrogens is 326 g/mol. The fourth-order valence-corrected chi connectivity index (χ4v) is 3.73. The fourth-order valence-electron chi connectivity index (χ4n) is 3.73. The molecule has 0 bridgehead atoms. The van der Waals surface area contributed by atoms with Gasteiger partial charge in [0.2, 0.25) is 0 Å². The molecule has 26 heavy (non-hydrogen) atoms. The highest BCUT2D eigenvalue weighted by molar-refractivity contribution is 5.79. The van der Waals surface area contributed by atoms with Crippen LogP contribution in [0.5, 0.6) is 0 Å². The minimum absolute atomic E-state index is 0.341. The monoisotopic (exact) mass is 363 g/mol. The van der Waals surface area contributed by atoms with E-state index >= 15 is 0 Å². The van der Waals surface area contributed by atoms with Gasteiger partial charge in [-0.2, -0.15) is 5.10 Å². The van der Waals surface area contributed by atoms with E-state index < -0.39 is 0 Å². The second-order valence-electron chi connectivity index (χ2n) is 7.40. The number of ether oxygens (including phenoxy) is 1. The van der Waals surface area contributed by atoms with Gasteiger partial charge in [0.1, 0.15) is 0 Å². The summed E-state index contributed by atoms with van der Waals surface area (Å²) in [5, 5.41) is 11.1. The Bertz CT molecular complexity index is 534. The minimum atomic E-state index is 0.341. The molecule has 148 valence electrons. The molecule has 6 heteroatoms. The molecule has 0 atom stereocenters. The van der Waals surface area contributed by atoms with Crippen LogP contribution in [0, 0.1) is 5.41 Å². The number of aromatic nitrogens is 2. The Morgan fingerprint density at radius 3 is 2.77 bits per heavy atom. The molecule has 0 amide bonds. The first kappa shape index (κ1) is 20.7. The highest BCUT2D eigenvalue weighted by atomic mass is 16.5. The van der Waals surface area contributed by atoms with E-state index in [1.165, 1.54) is 31.2 Å². The molecule has 1 aromatic rings. The van der Waals surface area contributed by atoms with Gasteiger partial charge in [0.15, 0.2) is 5.96 Å². The summed E-state index contributed by atoms with van der Waals surface area (Å²) in [6, 6.07) is 0. The maximum absolute atomic E-state index is 5.61. The Kier molecular flexibility index (Phi) is 8.95. The molecule has 1 aliphatic carbocycles. The number of hydrogen-bond acceptors (Lipinski definition) is 3. The lowest BCUT2D eigenvalue weighted by Gasteiger charge is -2.27. The molecule has 1 saturated carbocycles. The van der Waals surface area contributed by atoms with Gasteiger partial charge in [-0.25, -0.2) is 0 Å². The summed E-state index contributed by atoms with van der Waals surface area (Å²) in [4.78, 5) is 4.92. The third-order valence-corrected chi connectivity index (χ3v) is 5.25. The Morgan fingerprint density at radius 2 is 2.12 bits per heavy atom. The Hall–Kier alpha value is -1.56. The van der Waals surface area contributed by atoms with E-state index in [-0.39, 0.29) is 0 Å². The van der Waals surface area contributed by atoms with Crippen LogP contribution >= 0.6 is 0 Å². The Labute approximate surface area is 158 Å². The summed E-state index contributed by atoms with van der Waals surface area (Å²) < 4.78 is 7.47. The molecule has 6 nitrogen and oxygen atoms in total. The van der Waals surface area contributed by atoms with Crippen LogP contribution in [0.15, 0.2) is 17.4 Å². The lowest BCUT2D eigenvalue weighted by molar-refractivity contribution is 0.107. The van der Waals surface area contributed by atoms with Gasteiger partial charge in [-0.3, -0.25) is 9.67 Å². The number of nitrogens with zero attached hydrogens (tertiary/aromatic N) is 3. The van der Waals surface area contributed by atoms with Crippen LogP contribution in [-0.4, -0.2) is 48.6 Å². The van der Waals surface area contributed by atoms with E-state index in [2.05, 4.69) is 35.8 Å². The largest absolute Gasteiger partial charge is 0.382 e. The van der Waals surface area contributed by atoms with E-state index in [1.54, 1.807) is 0 Å². The minimum Gasteiger partial charge on any atom is -0.382 e. The van der Waals surface area contributed by atoms with Crippen molar-refractivity contribution in [3.05, 3.63) is 18.0 Å². The summed E-state index contributed by atoms with van der Waals surface area (Å²) in [7, 11) is 1.96. The molecule has 0 radical (unpaired) electrons. The first-order valence-electron chi connectivity index (χ1n) is 10.2. The van der Waals surface area contributed by atoms with E-state index in [4.69, 9.17) is 9.73 Å². The Morgan fingerprint density at radius 1 is 1.31 bits per heavy atom. The fraction of sp³-hybridized carbons (Fsp3) is 0.800. The van der Waals surface area contributed by atoms with Crippen molar-refractivity contribution < 1.29 is 4.74 Å². The summed E-state index contributed by atoms with van der Waals surface area (Å²) in [6.07, 6.45) is 12.5. The zero-order valence-electron chi connectivity index (χ0n) is 16.9. The number of aliphatic imine (C=N–C) groups is 1. The van der Waals surface area contributed by atoms with Gasteiger partial charge in [-0.05, 0) is 56.9 Å². The summed E-state index contributed by atoms with van der Waals surface area (Å²) in [5.41, 5.74) is 1.63. The third kappa shape index (κ3) is 6.98. The topological polar surface area (TPSA) is 63.5 Å². The van der Waals surface area contributed by atoms with Crippen LogP contribution in [-0.2, 0) is 18.2 Å². The molecule has 1 aromatic heterocycles. The molecule has 1 fully saturated rings. The van der Waals surface area contributed by atoms with Gasteiger partial charge in [-0.1, -0.05) is 12.8 Å². The van der Waals surface area contributed by atoms with Crippen molar-refractivity contribution in [1.29, 1.82) is 0 Å². The van der Waals surface area contributed by atoms with Crippen molar-refractivity contribution in [3.8, 4) is 0 Å². The molecule has 0 aliphatic heterocycles. The summed E-state index contributed by atoms with van der Waals surface area (Å²) >= 11 is 0. The van der Waals surface area contributed by atoms with Gasteiger partial charge >= 0.3 is 0 Å². The van der Waals surface area contributed by atoms with Crippen molar-refractivity contribution in [2.75, 3.05) is 32.8 Å². The standard InChI is InChI=1S/C20H37N5O/c1-4-21-19(22-13-8-9-18-15-24-25(3)16-18)23-17-20(10-6-7-11-20)12-14-26-5-2/h15-16H,4-14,17H2,1-3H3,(H2,21,22,23). The van der Waals surface area contributed by atoms with Crippen molar-refractivity contribution in [2.24, 2.45) is 17.5 Å². The molecule has 1 heterocycles. The van der Waals surface area contributed by atoms with Gasteiger partial charge in [0.25, 0.3) is 0 Å². The SMILES string of the molecule is CCNC(=NCC1(CCOCC)CCCC1)NCCCc1cnn(C)c1. The third-order valence-electron chi connectivity index (χ3n) is 5.25. The van der Waals surface area contributed by atoms with Crippen molar-refractivity contribution in [2.45, 2.75) is 58.8 Å². The van der Waals surface area contributed by atoms with Crippen LogP contribution in [0.3, 0.4) is 0 Å². The van der Waals surface area contributed by atoms with Gasteiger partial charge in [-0.15, -0.1) is 0 Å². The predicted octanol–water partition coefficient (Wildman–Crippen LogP) is 2.89. The summed E-state index contributed by atoms with van der Waals surface area (Å²) in [6.45, 7) is 8.57. The lowest BCUT2D eigenvalue weighted by Crippen LogP contribution is -2.39. The van der Waals surface area contributed by atoms with Crippen LogP contribution < -0.4 is 10.6 Å². The molecule has 0 aromatic carbocycles. The average Bonchev–Trinajstić information content (AvgIpc) is 3.26. The van der Waals surface area contributed by atoms with Gasteiger partial charge in [0, 0.05) is 46.1 Å². The number of nitrogens with one attached hydrogen (secondary N) is 2. The Balaban J connectivity index is 1.79. The number of rotatable bonds is 11. The van der Waals surface area contributed by atoms with E-state index in [9.17, 15) is 0 Å². The quantitative estimate of drug-likeness (QED) is 0.360. The van der Waals surface area contributed by atoms with Gasteiger partial charge in [0.05, 0.1) is 6.20 Å². The second kappa shape index (κ2) is 11.2. The van der Waals surface area contributed by atoms with E-state index in [0.717, 1.165) is 58.1 Å². The van der Waals surface area contributed by atoms with E-state index in [1.807, 2.05) is 17.9 Å². The first-order chi connectivity index (χ1) is 12.7. The lowest BCUT2D eigenvalue weighted by atomic mass is 9.83. The zero-order valence-corrected chi connectivity index (χ0v) is 16.9. The van der Waals surface area contributed by atoms with Gasteiger partial charge < -0.3 is 15.4 Å². The molecule has 2 rings (SSSR count). The van der Waals surface area contributed by atoms with Crippen LogP contribution in [0.4, 0.5) is 0 Å². The molecule has 1 aliphatic rings. The maximum Gasteiger partial charge on any atom is 0.191 e. The molecular formula is C20H37N5O. The normalized spacial score (nSPS) is 16.8. The molecule has 0 spiro atoms. The highest BCUT2D eigenvalue weighted by Gasteiger charge is 2.33. The van der Waals surface area contributed by atoms with E-state index in [0.29, 0.717) is 5.41 Å². The van der Waals surface area contributed by atoms with Crippen molar-refractivity contribution in [3.63, 3.8) is 0 Å². The van der Waals surface area contributed by atoms with Crippen molar-refractivity contribution in [1.82, 2.24) is 20.4 Å². The van der Waals surface area contributed by atoms with Crippen LogP contribution in [0.2, 0.25) is 0 Å². The van der Waals surface area contributed by atoms with Crippen LogP contribution in [0.25, 0.3) is 0 Å². The maximum atomic E-state index is 5.61. The zero-order chi connectivity index (χ0) is 18.7. The second-order valence-corrected chi connectivity index (χ2v) is 7.40. The molecule has 0 unspecified atom stereocenters. The average molecular weight is 364 g/mol.